The fourth-order valence-corrected chi connectivity index (χ4v) is 1.59. The predicted molar refractivity (Wildman–Crippen MR) is 77.4 cm³/mol. The first kappa shape index (κ1) is 13.8. The highest BCUT2D eigenvalue weighted by molar-refractivity contribution is 5.58. The third-order valence-electron chi connectivity index (χ3n) is 3.08. The van der Waals surface area contributed by atoms with Crippen LogP contribution in [-0.2, 0) is 6.42 Å². The molecule has 2 rings (SSSR count). The van der Waals surface area contributed by atoms with Gasteiger partial charge in [-0.1, -0.05) is 51.5 Å². The van der Waals surface area contributed by atoms with Gasteiger partial charge in [0.25, 0.3) is 0 Å². The minimum Gasteiger partial charge on any atom is -0.359 e. The van der Waals surface area contributed by atoms with Crippen molar-refractivity contribution in [1.82, 2.24) is 0 Å². The molecule has 0 bridgehead atoms. The summed E-state index contributed by atoms with van der Waals surface area (Å²) in [5.74, 6) is 0.884. The van der Waals surface area contributed by atoms with Gasteiger partial charge in [0.05, 0.1) is 0 Å². The van der Waals surface area contributed by atoms with Crippen LogP contribution in [0.3, 0.4) is 0 Å². The molecule has 1 aliphatic heterocycles. The number of hydrogen-bond donors (Lipinski definition) is 1. The van der Waals surface area contributed by atoms with Crippen LogP contribution in [0.2, 0.25) is 0 Å². The number of anilines is 1. The summed E-state index contributed by atoms with van der Waals surface area (Å²) in [7, 11) is 0. The average molecular weight is 231 g/mol. The van der Waals surface area contributed by atoms with Crippen molar-refractivity contribution < 1.29 is 0 Å². The van der Waals surface area contributed by atoms with E-state index in [0.29, 0.717) is 0 Å². The van der Waals surface area contributed by atoms with E-state index in [-0.39, 0.29) is 0 Å². The number of allylic oxidation sites excluding steroid dienone is 1. The Morgan fingerprint density at radius 1 is 1.29 bits per heavy atom. The first-order valence-corrected chi connectivity index (χ1v) is 6.57. The molecule has 94 valence electrons. The smallest absolute Gasteiger partial charge is 0.0414 e. The van der Waals surface area contributed by atoms with Crippen molar-refractivity contribution in [2.45, 2.75) is 47.0 Å². The lowest BCUT2D eigenvalue weighted by molar-refractivity contribution is 0.626. The largest absolute Gasteiger partial charge is 0.359 e. The van der Waals surface area contributed by atoms with Gasteiger partial charge in [0.2, 0.25) is 0 Å². The first-order chi connectivity index (χ1) is 8.02. The van der Waals surface area contributed by atoms with E-state index in [4.69, 9.17) is 0 Å². The van der Waals surface area contributed by atoms with E-state index in [1.807, 2.05) is 0 Å². The van der Waals surface area contributed by atoms with Crippen molar-refractivity contribution in [3.63, 3.8) is 0 Å². The Bertz CT molecular complexity index is 377. The molecule has 1 heterocycles. The monoisotopic (exact) mass is 231 g/mol. The summed E-state index contributed by atoms with van der Waals surface area (Å²) in [6.07, 6.45) is 3.50. The van der Waals surface area contributed by atoms with E-state index in [1.165, 1.54) is 23.2 Å². The van der Waals surface area contributed by atoms with Gasteiger partial charge in [0, 0.05) is 11.4 Å². The molecule has 0 unspecified atom stereocenters. The van der Waals surface area contributed by atoms with Crippen LogP contribution in [0.25, 0.3) is 0 Å². The van der Waals surface area contributed by atoms with Crippen molar-refractivity contribution in [3.05, 3.63) is 41.6 Å². The van der Waals surface area contributed by atoms with Gasteiger partial charge >= 0.3 is 0 Å². The first-order valence-electron chi connectivity index (χ1n) is 6.57. The topological polar surface area (TPSA) is 12.0 Å². The van der Waals surface area contributed by atoms with Crippen LogP contribution < -0.4 is 5.32 Å². The minimum atomic E-state index is 0.884. The second-order valence-electron chi connectivity index (χ2n) is 5.19. The zero-order chi connectivity index (χ0) is 12.8. The molecule has 1 heteroatoms. The zero-order valence-corrected chi connectivity index (χ0v) is 11.6. The summed E-state index contributed by atoms with van der Waals surface area (Å²) in [6.45, 7) is 12.7. The maximum absolute atomic E-state index is 3.92. The fourth-order valence-electron chi connectivity index (χ4n) is 1.59. The van der Waals surface area contributed by atoms with Crippen molar-refractivity contribution in [2.24, 2.45) is 5.92 Å². The van der Waals surface area contributed by atoms with Crippen LogP contribution >= 0.6 is 0 Å². The lowest BCUT2D eigenvalue weighted by atomic mass is 10.00. The lowest BCUT2D eigenvalue weighted by Gasteiger charge is -2.20. The molecule has 0 spiro atoms. The molecule has 1 aromatic rings. The van der Waals surface area contributed by atoms with Gasteiger partial charge < -0.3 is 5.32 Å². The number of fused-ring (bicyclic) bond motifs is 1. The van der Waals surface area contributed by atoms with E-state index in [0.717, 1.165) is 24.5 Å². The zero-order valence-electron chi connectivity index (χ0n) is 11.6. The molecule has 0 atom stereocenters. The Balaban J connectivity index is 0.000000249. The number of benzene rings is 1. The quantitative estimate of drug-likeness (QED) is 0.723. The number of rotatable bonds is 1. The van der Waals surface area contributed by atoms with Crippen LogP contribution in [-0.4, -0.2) is 0 Å². The molecule has 1 nitrogen and oxygen atoms in total. The van der Waals surface area contributed by atoms with Gasteiger partial charge in [0.15, 0.2) is 0 Å². The molecule has 0 aromatic heterocycles. The predicted octanol–water partition coefficient (Wildman–Crippen LogP) is 4.92. The highest BCUT2D eigenvalue weighted by Gasteiger charge is 2.09. The van der Waals surface area contributed by atoms with Crippen molar-refractivity contribution in [1.29, 1.82) is 0 Å². The number of aryl methyl sites for hydroxylation is 2. The summed E-state index contributed by atoms with van der Waals surface area (Å²) < 4.78 is 0. The third-order valence-corrected chi connectivity index (χ3v) is 3.08. The van der Waals surface area contributed by atoms with E-state index in [2.05, 4.69) is 57.8 Å². The molecule has 0 amide bonds. The van der Waals surface area contributed by atoms with Gasteiger partial charge in [0.1, 0.15) is 0 Å². The Morgan fingerprint density at radius 3 is 2.53 bits per heavy atom. The van der Waals surface area contributed by atoms with Crippen LogP contribution in [0.4, 0.5) is 5.69 Å². The summed E-state index contributed by atoms with van der Waals surface area (Å²) in [5.41, 5.74) is 5.12. The summed E-state index contributed by atoms with van der Waals surface area (Å²) in [4.78, 5) is 0. The molecule has 17 heavy (non-hydrogen) atoms. The Kier molecular flexibility index (Phi) is 5.27. The van der Waals surface area contributed by atoms with E-state index in [9.17, 15) is 0 Å². The lowest BCUT2D eigenvalue weighted by Crippen LogP contribution is -2.08. The van der Waals surface area contributed by atoms with Crippen molar-refractivity contribution in [2.75, 3.05) is 5.32 Å². The molecule has 1 N–H and O–H groups in total. The number of hydrogen-bond acceptors (Lipinski definition) is 1. The Hall–Kier alpha value is -1.24. The van der Waals surface area contributed by atoms with Crippen LogP contribution in [0, 0.1) is 12.8 Å². The number of nitrogens with one attached hydrogen (secondary N) is 1. The minimum absolute atomic E-state index is 0.884. The van der Waals surface area contributed by atoms with Gasteiger partial charge in [-0.3, -0.25) is 0 Å². The molecular weight excluding hydrogens is 206 g/mol. The molecule has 0 fully saturated rings. The van der Waals surface area contributed by atoms with Gasteiger partial charge in [-0.05, 0) is 37.3 Å². The van der Waals surface area contributed by atoms with Crippen LogP contribution in [0.15, 0.2) is 30.5 Å². The second-order valence-corrected chi connectivity index (χ2v) is 5.19. The second kappa shape index (κ2) is 6.48. The highest BCUT2D eigenvalue weighted by atomic mass is 14.9. The SMILES string of the molecule is C=C1CCc2cc(C)ccc2N1.CCC(C)C. The molecule has 0 saturated carbocycles. The van der Waals surface area contributed by atoms with E-state index < -0.39 is 0 Å². The molecular formula is C16H25N. The van der Waals surface area contributed by atoms with Gasteiger partial charge in [-0.15, -0.1) is 0 Å². The standard InChI is InChI=1S/C11H13N.C5H12/c1-8-3-6-11-10(7-8)5-4-9(2)12-11;1-4-5(2)3/h3,6-7,12H,2,4-5H2,1H3;5H,4H2,1-3H3. The summed E-state index contributed by atoms with van der Waals surface area (Å²) in [6, 6.07) is 6.51. The Morgan fingerprint density at radius 2 is 1.94 bits per heavy atom. The highest BCUT2D eigenvalue weighted by Crippen LogP contribution is 2.26. The summed E-state index contributed by atoms with van der Waals surface area (Å²) >= 11 is 0. The van der Waals surface area contributed by atoms with E-state index in [1.54, 1.807) is 0 Å². The summed E-state index contributed by atoms with van der Waals surface area (Å²) in [5, 5.41) is 3.29. The maximum atomic E-state index is 3.92. The maximum Gasteiger partial charge on any atom is 0.0414 e. The third kappa shape index (κ3) is 4.64. The molecule has 0 aliphatic carbocycles. The van der Waals surface area contributed by atoms with Crippen molar-refractivity contribution >= 4 is 5.69 Å². The van der Waals surface area contributed by atoms with Gasteiger partial charge in [-0.2, -0.15) is 0 Å². The van der Waals surface area contributed by atoms with Crippen molar-refractivity contribution in [3.8, 4) is 0 Å². The van der Waals surface area contributed by atoms with Crippen LogP contribution in [0.5, 0.6) is 0 Å². The molecule has 0 radical (unpaired) electrons. The Labute approximate surface area is 106 Å². The fraction of sp³-hybridized carbons (Fsp3) is 0.500. The normalized spacial score (nSPS) is 13.6. The van der Waals surface area contributed by atoms with Gasteiger partial charge in [-0.25, -0.2) is 0 Å². The molecule has 0 saturated heterocycles. The molecule has 1 aromatic carbocycles. The molecule has 1 aliphatic rings. The average Bonchev–Trinajstić information content (AvgIpc) is 2.30. The van der Waals surface area contributed by atoms with E-state index >= 15 is 0 Å². The van der Waals surface area contributed by atoms with Crippen LogP contribution in [0.1, 0.15) is 44.7 Å².